The van der Waals surface area contributed by atoms with Crippen LogP contribution in [0.15, 0.2) is 22.5 Å². The summed E-state index contributed by atoms with van der Waals surface area (Å²) in [6.45, 7) is 6.22. The number of likely N-dealkylation sites (tertiary alicyclic amines) is 1. The number of halogens is 1. The van der Waals surface area contributed by atoms with E-state index < -0.39 is 0 Å². The number of nitrogens with one attached hydrogen (secondary N) is 1. The second-order valence-corrected chi connectivity index (χ2v) is 5.94. The van der Waals surface area contributed by atoms with Gasteiger partial charge in [-0.3, -0.25) is 9.89 Å². The molecule has 1 aliphatic heterocycles. The van der Waals surface area contributed by atoms with Crippen molar-refractivity contribution < 1.29 is 0 Å². The SMILES string of the molecule is CCN1CCCC1CN=C(N)NCCc1cccs1.I. The minimum atomic E-state index is 0. The largest absolute Gasteiger partial charge is 0.370 e. The summed E-state index contributed by atoms with van der Waals surface area (Å²) in [6.07, 6.45) is 3.55. The van der Waals surface area contributed by atoms with Crippen LogP contribution in [0.4, 0.5) is 0 Å². The first-order chi connectivity index (χ1) is 9.29. The molecule has 1 unspecified atom stereocenters. The zero-order valence-electron chi connectivity index (χ0n) is 12.0. The van der Waals surface area contributed by atoms with Crippen LogP contribution >= 0.6 is 35.3 Å². The van der Waals surface area contributed by atoms with E-state index in [0.717, 1.165) is 26.1 Å². The van der Waals surface area contributed by atoms with E-state index in [4.69, 9.17) is 5.73 Å². The first-order valence-electron chi connectivity index (χ1n) is 7.10. The summed E-state index contributed by atoms with van der Waals surface area (Å²) in [5.41, 5.74) is 5.90. The van der Waals surface area contributed by atoms with Gasteiger partial charge in [0.25, 0.3) is 0 Å². The smallest absolute Gasteiger partial charge is 0.188 e. The van der Waals surface area contributed by atoms with Gasteiger partial charge in [0.15, 0.2) is 5.96 Å². The standard InChI is InChI=1S/C14H24N4S.HI/c1-2-18-9-3-5-12(18)11-17-14(15)16-8-7-13-6-4-10-19-13;/h4,6,10,12H,2-3,5,7-9,11H2,1H3,(H3,15,16,17);1H. The van der Waals surface area contributed by atoms with Crippen LogP contribution in [-0.4, -0.2) is 43.1 Å². The van der Waals surface area contributed by atoms with E-state index in [-0.39, 0.29) is 24.0 Å². The number of thiophene rings is 1. The molecule has 2 heterocycles. The van der Waals surface area contributed by atoms with Crippen LogP contribution in [0.2, 0.25) is 0 Å². The Labute approximate surface area is 142 Å². The summed E-state index contributed by atoms with van der Waals surface area (Å²) in [5, 5.41) is 5.30. The molecule has 3 N–H and O–H groups in total. The Morgan fingerprint density at radius 3 is 3.15 bits per heavy atom. The maximum absolute atomic E-state index is 5.90. The van der Waals surface area contributed by atoms with Crippen molar-refractivity contribution in [1.29, 1.82) is 0 Å². The van der Waals surface area contributed by atoms with Crippen LogP contribution in [0.1, 0.15) is 24.6 Å². The number of nitrogens with two attached hydrogens (primary N) is 1. The summed E-state index contributed by atoms with van der Waals surface area (Å²) < 4.78 is 0. The molecule has 20 heavy (non-hydrogen) atoms. The maximum Gasteiger partial charge on any atom is 0.188 e. The Bertz CT molecular complexity index is 394. The molecule has 0 saturated carbocycles. The van der Waals surface area contributed by atoms with E-state index in [9.17, 15) is 0 Å². The summed E-state index contributed by atoms with van der Waals surface area (Å²) in [4.78, 5) is 8.34. The van der Waals surface area contributed by atoms with Crippen molar-refractivity contribution in [3.05, 3.63) is 22.4 Å². The van der Waals surface area contributed by atoms with E-state index in [2.05, 4.69) is 39.6 Å². The fourth-order valence-corrected chi connectivity index (χ4v) is 3.26. The minimum Gasteiger partial charge on any atom is -0.370 e. The molecule has 0 aliphatic carbocycles. The molecule has 1 aromatic heterocycles. The van der Waals surface area contributed by atoms with Crippen molar-refractivity contribution >= 4 is 41.3 Å². The molecule has 0 radical (unpaired) electrons. The minimum absolute atomic E-state index is 0. The third kappa shape index (κ3) is 5.57. The van der Waals surface area contributed by atoms with Gasteiger partial charge < -0.3 is 11.1 Å². The van der Waals surface area contributed by atoms with Gasteiger partial charge >= 0.3 is 0 Å². The van der Waals surface area contributed by atoms with Crippen LogP contribution in [0, 0.1) is 0 Å². The predicted octanol–water partition coefficient (Wildman–Crippen LogP) is 2.30. The highest BCUT2D eigenvalue weighted by Gasteiger charge is 2.22. The highest BCUT2D eigenvalue weighted by atomic mass is 127. The van der Waals surface area contributed by atoms with E-state index in [1.54, 1.807) is 11.3 Å². The molecule has 0 spiro atoms. The number of hydrogen-bond donors (Lipinski definition) is 2. The fourth-order valence-electron chi connectivity index (χ4n) is 2.55. The molecule has 4 nitrogen and oxygen atoms in total. The molecular weight excluding hydrogens is 383 g/mol. The molecule has 0 amide bonds. The van der Waals surface area contributed by atoms with Gasteiger partial charge in [0.2, 0.25) is 0 Å². The van der Waals surface area contributed by atoms with Gasteiger partial charge in [0.1, 0.15) is 0 Å². The Morgan fingerprint density at radius 2 is 2.45 bits per heavy atom. The van der Waals surface area contributed by atoms with E-state index in [1.165, 1.54) is 24.3 Å². The van der Waals surface area contributed by atoms with Gasteiger partial charge in [-0.25, -0.2) is 0 Å². The van der Waals surface area contributed by atoms with Crippen LogP contribution in [0.5, 0.6) is 0 Å². The lowest BCUT2D eigenvalue weighted by atomic mass is 10.2. The molecule has 0 aromatic carbocycles. The highest BCUT2D eigenvalue weighted by Crippen LogP contribution is 2.16. The van der Waals surface area contributed by atoms with Crippen LogP contribution in [0.3, 0.4) is 0 Å². The fraction of sp³-hybridized carbons (Fsp3) is 0.643. The summed E-state index contributed by atoms with van der Waals surface area (Å²) in [5.74, 6) is 0.583. The number of rotatable bonds is 6. The zero-order valence-corrected chi connectivity index (χ0v) is 15.2. The second kappa shape index (κ2) is 9.57. The van der Waals surface area contributed by atoms with Gasteiger partial charge in [0, 0.05) is 17.5 Å². The van der Waals surface area contributed by atoms with E-state index >= 15 is 0 Å². The molecule has 1 fully saturated rings. The van der Waals surface area contributed by atoms with E-state index in [1.807, 2.05) is 0 Å². The number of hydrogen-bond acceptors (Lipinski definition) is 3. The topological polar surface area (TPSA) is 53.6 Å². The molecule has 6 heteroatoms. The molecular formula is C14H25IN4S. The van der Waals surface area contributed by atoms with Gasteiger partial charge in [-0.1, -0.05) is 13.0 Å². The molecule has 1 atom stereocenters. The number of aliphatic imine (C=N–C) groups is 1. The lowest BCUT2D eigenvalue weighted by molar-refractivity contribution is 0.273. The van der Waals surface area contributed by atoms with Crippen molar-refractivity contribution in [1.82, 2.24) is 10.2 Å². The quantitative estimate of drug-likeness (QED) is 0.432. The van der Waals surface area contributed by atoms with Gasteiger partial charge in [0.05, 0.1) is 6.54 Å². The number of likely N-dealkylation sites (N-methyl/N-ethyl adjacent to an activating group) is 1. The highest BCUT2D eigenvalue weighted by molar-refractivity contribution is 14.0. The Balaban J connectivity index is 0.00000200. The first kappa shape index (κ1) is 17.7. The molecule has 114 valence electrons. The van der Waals surface area contributed by atoms with Crippen LogP contribution < -0.4 is 11.1 Å². The van der Waals surface area contributed by atoms with Crippen molar-refractivity contribution in [3.63, 3.8) is 0 Å². The average Bonchev–Trinajstić information content (AvgIpc) is 3.07. The predicted molar refractivity (Wildman–Crippen MR) is 98.2 cm³/mol. The van der Waals surface area contributed by atoms with Crippen molar-refractivity contribution in [2.75, 3.05) is 26.2 Å². The Hall–Kier alpha value is -0.340. The lowest BCUT2D eigenvalue weighted by Crippen LogP contribution is -2.36. The first-order valence-corrected chi connectivity index (χ1v) is 7.97. The van der Waals surface area contributed by atoms with Crippen molar-refractivity contribution in [2.45, 2.75) is 32.2 Å². The van der Waals surface area contributed by atoms with E-state index in [0.29, 0.717) is 12.0 Å². The molecule has 2 rings (SSSR count). The number of nitrogens with zero attached hydrogens (tertiary/aromatic N) is 2. The monoisotopic (exact) mass is 408 g/mol. The van der Waals surface area contributed by atoms with Crippen molar-refractivity contribution in [3.8, 4) is 0 Å². The normalized spacial score (nSPS) is 19.9. The van der Waals surface area contributed by atoms with Gasteiger partial charge in [-0.15, -0.1) is 35.3 Å². The average molecular weight is 408 g/mol. The van der Waals surface area contributed by atoms with Crippen LogP contribution in [0.25, 0.3) is 0 Å². The maximum atomic E-state index is 5.90. The Morgan fingerprint density at radius 1 is 1.60 bits per heavy atom. The third-order valence-electron chi connectivity index (χ3n) is 3.64. The summed E-state index contributed by atoms with van der Waals surface area (Å²) >= 11 is 1.78. The lowest BCUT2D eigenvalue weighted by Gasteiger charge is -2.20. The zero-order chi connectivity index (χ0) is 13.5. The summed E-state index contributed by atoms with van der Waals surface area (Å²) in [7, 11) is 0. The third-order valence-corrected chi connectivity index (χ3v) is 4.57. The molecule has 1 saturated heterocycles. The van der Waals surface area contributed by atoms with Crippen LogP contribution in [-0.2, 0) is 6.42 Å². The van der Waals surface area contributed by atoms with Gasteiger partial charge in [-0.05, 0) is 43.8 Å². The summed E-state index contributed by atoms with van der Waals surface area (Å²) in [6, 6.07) is 4.82. The molecule has 1 aliphatic rings. The van der Waals surface area contributed by atoms with Crippen molar-refractivity contribution in [2.24, 2.45) is 10.7 Å². The number of guanidine groups is 1. The van der Waals surface area contributed by atoms with Gasteiger partial charge in [-0.2, -0.15) is 0 Å². The molecule has 1 aromatic rings. The Kier molecular flexibility index (Phi) is 8.47. The molecule has 0 bridgehead atoms. The second-order valence-electron chi connectivity index (χ2n) is 4.91.